The van der Waals surface area contributed by atoms with Gasteiger partial charge in [-0.3, -0.25) is 9.88 Å². The van der Waals surface area contributed by atoms with E-state index in [2.05, 4.69) is 19.9 Å². The maximum atomic E-state index is 16.0. The fraction of sp³-hybridized carbons (Fsp3) is 0.250. The van der Waals surface area contributed by atoms with Crippen molar-refractivity contribution in [1.29, 1.82) is 0 Å². The topological polar surface area (TPSA) is 107 Å². The summed E-state index contributed by atoms with van der Waals surface area (Å²) in [5.41, 5.74) is 4.56. The second-order valence-electron chi connectivity index (χ2n) is 8.39. The number of methoxy groups -OCH3 is 1. The number of rotatable bonds is 3. The van der Waals surface area contributed by atoms with Gasteiger partial charge in [-0.25, -0.2) is 14.2 Å². The van der Waals surface area contributed by atoms with E-state index in [1.165, 1.54) is 24.7 Å². The largest absolute Gasteiger partial charge is 0.610 e. The van der Waals surface area contributed by atoms with Crippen molar-refractivity contribution in [2.45, 2.75) is 23.9 Å². The fourth-order valence-corrected chi connectivity index (χ4v) is 6.27. The number of carbonyl (C=O) groups excluding carboxylic acids is 1. The number of likely N-dealkylation sites (tertiary alicyclic amines) is 1. The number of benzene rings is 1. The van der Waals surface area contributed by atoms with E-state index in [0.717, 1.165) is 23.2 Å². The normalized spacial score (nSPS) is 17.0. The van der Waals surface area contributed by atoms with Crippen LogP contribution in [0.2, 0.25) is 0 Å². The van der Waals surface area contributed by atoms with Gasteiger partial charge in [0.2, 0.25) is 0 Å². The van der Waals surface area contributed by atoms with E-state index < -0.39 is 23.1 Å². The Morgan fingerprint density at radius 1 is 1.31 bits per heavy atom. The number of ether oxygens (including phenoxy) is 1. The number of nitrogens with one attached hydrogen (secondary N) is 1. The van der Waals surface area contributed by atoms with Crippen LogP contribution in [0.1, 0.15) is 24.6 Å². The quantitative estimate of drug-likeness (QED) is 0.336. The third kappa shape index (κ3) is 3.45. The SMILES string of the molecule is COC(=O)N1CCCC1c1cc2c([S+](C)[O-])nc3c(F)c(-c4cccc5scnc45)ncc3c2[nH]1. The van der Waals surface area contributed by atoms with E-state index in [-0.39, 0.29) is 22.3 Å². The minimum absolute atomic E-state index is 0.0876. The molecule has 1 N–H and O–H groups in total. The molecule has 178 valence electrons. The van der Waals surface area contributed by atoms with Gasteiger partial charge in [0.05, 0.1) is 39.8 Å². The number of hydrogen-bond acceptors (Lipinski definition) is 7. The molecule has 2 unspecified atom stereocenters. The highest BCUT2D eigenvalue weighted by Gasteiger charge is 2.33. The van der Waals surface area contributed by atoms with Gasteiger partial charge >= 0.3 is 6.09 Å². The van der Waals surface area contributed by atoms with Crippen LogP contribution in [0.15, 0.2) is 41.0 Å². The molecule has 35 heavy (non-hydrogen) atoms. The van der Waals surface area contributed by atoms with E-state index in [0.29, 0.717) is 33.9 Å². The van der Waals surface area contributed by atoms with Gasteiger partial charge in [-0.1, -0.05) is 12.1 Å². The Balaban J connectivity index is 1.57. The van der Waals surface area contributed by atoms with Gasteiger partial charge in [0, 0.05) is 40.6 Å². The minimum atomic E-state index is -1.48. The van der Waals surface area contributed by atoms with Crippen LogP contribution < -0.4 is 0 Å². The molecule has 1 fully saturated rings. The Labute approximate surface area is 206 Å². The van der Waals surface area contributed by atoms with Crippen molar-refractivity contribution < 1.29 is 18.5 Å². The lowest BCUT2D eigenvalue weighted by molar-refractivity contribution is 0.118. The number of nitrogens with zero attached hydrogens (tertiary/aromatic N) is 4. The lowest BCUT2D eigenvalue weighted by atomic mass is 10.1. The number of para-hydroxylation sites is 1. The standard InChI is InChI=1S/C24H20FN5O3S2/c1-33-24(31)30-8-4-6-16(30)15-9-13-19(28-15)14-10-26-21(18(25)22(14)29-23(13)35(2)32)12-5-3-7-17-20(12)27-11-34-17/h3,5,7,9-11,16,28H,4,6,8H2,1-2H3. The van der Waals surface area contributed by atoms with Crippen molar-refractivity contribution in [2.75, 3.05) is 19.9 Å². The summed E-state index contributed by atoms with van der Waals surface area (Å²) in [4.78, 5) is 30.6. The molecule has 0 radical (unpaired) electrons. The zero-order valence-electron chi connectivity index (χ0n) is 18.9. The summed E-state index contributed by atoms with van der Waals surface area (Å²) in [5, 5.41) is 1.39. The van der Waals surface area contributed by atoms with Crippen molar-refractivity contribution in [3.8, 4) is 11.3 Å². The molecule has 5 aromatic rings. The number of carbonyl (C=O) groups is 1. The summed E-state index contributed by atoms with van der Waals surface area (Å²) in [7, 11) is 1.36. The fourth-order valence-electron chi connectivity index (χ4n) is 4.88. The van der Waals surface area contributed by atoms with Crippen molar-refractivity contribution in [2.24, 2.45) is 0 Å². The van der Waals surface area contributed by atoms with Gasteiger partial charge in [0.25, 0.3) is 5.03 Å². The third-order valence-electron chi connectivity index (χ3n) is 6.45. The molecule has 1 aliphatic rings. The maximum Gasteiger partial charge on any atom is 0.410 e. The van der Waals surface area contributed by atoms with E-state index in [1.807, 2.05) is 18.2 Å². The summed E-state index contributed by atoms with van der Waals surface area (Å²) in [5.74, 6) is -0.593. The van der Waals surface area contributed by atoms with Gasteiger partial charge in [-0.15, -0.1) is 11.3 Å². The van der Waals surface area contributed by atoms with Crippen LogP contribution in [-0.2, 0) is 15.9 Å². The molecule has 0 saturated carbocycles. The molecule has 5 heterocycles. The summed E-state index contributed by atoms with van der Waals surface area (Å²) in [6.45, 7) is 0.583. The molecule has 6 rings (SSSR count). The van der Waals surface area contributed by atoms with Gasteiger partial charge < -0.3 is 14.3 Å². The Hall–Kier alpha value is -3.28. The molecule has 11 heteroatoms. The summed E-state index contributed by atoms with van der Waals surface area (Å²) in [6, 6.07) is 7.19. The van der Waals surface area contributed by atoms with Crippen LogP contribution in [-0.4, -0.2) is 55.4 Å². The molecule has 0 spiro atoms. The van der Waals surface area contributed by atoms with Crippen molar-refractivity contribution in [3.63, 3.8) is 0 Å². The van der Waals surface area contributed by atoms with Gasteiger partial charge in [0.1, 0.15) is 17.5 Å². The second-order valence-corrected chi connectivity index (χ2v) is 10.6. The number of pyridine rings is 2. The number of thiazole rings is 1. The molecule has 1 amide bonds. The number of aromatic nitrogens is 4. The predicted molar refractivity (Wildman–Crippen MR) is 133 cm³/mol. The summed E-state index contributed by atoms with van der Waals surface area (Å²) >= 11 is -0.00287. The highest BCUT2D eigenvalue weighted by molar-refractivity contribution is 7.90. The van der Waals surface area contributed by atoms with E-state index in [9.17, 15) is 9.35 Å². The number of amides is 1. The molecule has 1 aliphatic heterocycles. The zero-order chi connectivity index (χ0) is 24.3. The summed E-state index contributed by atoms with van der Waals surface area (Å²) < 4.78 is 34.5. The minimum Gasteiger partial charge on any atom is -0.610 e. The molecule has 1 saturated heterocycles. The average Bonchev–Trinajstić information content (AvgIpc) is 3.62. The maximum absolute atomic E-state index is 16.0. The van der Waals surface area contributed by atoms with Crippen LogP contribution in [0.4, 0.5) is 9.18 Å². The van der Waals surface area contributed by atoms with E-state index >= 15 is 4.39 Å². The van der Waals surface area contributed by atoms with Crippen molar-refractivity contribution >= 4 is 60.6 Å². The van der Waals surface area contributed by atoms with Crippen LogP contribution >= 0.6 is 11.3 Å². The first-order chi connectivity index (χ1) is 17.0. The van der Waals surface area contributed by atoms with Crippen LogP contribution in [0, 0.1) is 5.82 Å². The van der Waals surface area contributed by atoms with Crippen molar-refractivity contribution in [1.82, 2.24) is 24.8 Å². The number of hydrogen-bond donors (Lipinski definition) is 1. The van der Waals surface area contributed by atoms with E-state index in [4.69, 9.17) is 4.74 Å². The molecule has 0 aliphatic carbocycles. The second kappa shape index (κ2) is 8.43. The Bertz CT molecular complexity index is 1620. The summed E-state index contributed by atoms with van der Waals surface area (Å²) in [6.07, 6.45) is 4.30. The number of H-pyrrole nitrogens is 1. The number of fused-ring (bicyclic) bond motifs is 4. The molecule has 1 aromatic carbocycles. The van der Waals surface area contributed by atoms with Crippen LogP contribution in [0.25, 0.3) is 43.3 Å². The average molecular weight is 510 g/mol. The number of aromatic amines is 1. The molecular weight excluding hydrogens is 489 g/mol. The highest BCUT2D eigenvalue weighted by atomic mass is 32.2. The Morgan fingerprint density at radius 3 is 2.97 bits per heavy atom. The number of halogens is 1. The first-order valence-corrected chi connectivity index (χ1v) is 13.4. The first kappa shape index (κ1) is 22.2. The smallest absolute Gasteiger partial charge is 0.410 e. The molecule has 2 atom stereocenters. The van der Waals surface area contributed by atoms with Gasteiger partial charge in [-0.05, 0) is 25.0 Å². The lowest BCUT2D eigenvalue weighted by Crippen LogP contribution is -2.30. The Kier molecular flexibility index (Phi) is 5.35. The molecule has 4 aromatic heterocycles. The lowest BCUT2D eigenvalue weighted by Gasteiger charge is -2.22. The monoisotopic (exact) mass is 509 g/mol. The first-order valence-electron chi connectivity index (χ1n) is 11.0. The van der Waals surface area contributed by atoms with Gasteiger partial charge in [0.15, 0.2) is 5.82 Å². The molecular formula is C24H20FN5O3S2. The Morgan fingerprint density at radius 2 is 2.17 bits per heavy atom. The zero-order valence-corrected chi connectivity index (χ0v) is 20.5. The van der Waals surface area contributed by atoms with Crippen LogP contribution in [0.5, 0.6) is 0 Å². The molecule has 8 nitrogen and oxygen atoms in total. The highest BCUT2D eigenvalue weighted by Crippen LogP contribution is 2.39. The van der Waals surface area contributed by atoms with Crippen molar-refractivity contribution in [3.05, 3.63) is 47.5 Å². The third-order valence-corrected chi connectivity index (χ3v) is 8.10. The van der Waals surface area contributed by atoms with Gasteiger partial charge in [-0.2, -0.15) is 4.98 Å². The molecule has 0 bridgehead atoms. The van der Waals surface area contributed by atoms with Crippen LogP contribution in [0.3, 0.4) is 0 Å². The predicted octanol–water partition coefficient (Wildman–Crippen LogP) is 5.17. The van der Waals surface area contributed by atoms with E-state index in [1.54, 1.807) is 22.7 Å².